The largest absolute Gasteiger partial charge is 0.507 e. The average Bonchev–Trinajstić information content (AvgIpc) is 3.23. The fourth-order valence-corrected chi connectivity index (χ4v) is 9.19. The first-order valence-electron chi connectivity index (χ1n) is 22.2. The van der Waals surface area contributed by atoms with E-state index in [0.717, 1.165) is 55.3 Å². The van der Waals surface area contributed by atoms with Crippen molar-refractivity contribution in [3.05, 3.63) is 177 Å². The van der Waals surface area contributed by atoms with E-state index in [4.69, 9.17) is 0 Å². The monoisotopic (exact) mass is 842 g/mol. The molecule has 0 heterocycles. The second-order valence-corrected chi connectivity index (χ2v) is 21.4. The molecule has 0 atom stereocenters. The van der Waals surface area contributed by atoms with E-state index in [-0.39, 0.29) is 23.1 Å². The van der Waals surface area contributed by atoms with Gasteiger partial charge in [0.05, 0.1) is 0 Å². The molecule has 6 aromatic rings. The molecule has 0 saturated heterocycles. The minimum Gasteiger partial charge on any atom is -0.507 e. The van der Waals surface area contributed by atoms with Crippen LogP contribution in [-0.2, 0) is 10.8 Å². The molecule has 64 heavy (non-hydrogen) atoms. The second-order valence-electron chi connectivity index (χ2n) is 21.4. The molecule has 2 aliphatic carbocycles. The molecule has 0 bridgehead atoms. The van der Waals surface area contributed by atoms with Crippen LogP contribution in [0, 0.1) is 22.7 Å². The average molecular weight is 843 g/mol. The molecule has 322 valence electrons. The molecule has 2 aliphatic rings. The van der Waals surface area contributed by atoms with E-state index in [2.05, 4.69) is 107 Å². The molecule has 0 saturated carbocycles. The zero-order chi connectivity index (χ0) is 46.3. The number of aromatic hydroxyl groups is 2. The van der Waals surface area contributed by atoms with Crippen LogP contribution in [0.5, 0.6) is 11.5 Å². The maximum Gasteiger partial charge on any atom is 0.190 e. The smallest absolute Gasteiger partial charge is 0.190 e. The summed E-state index contributed by atoms with van der Waals surface area (Å²) in [5.41, 5.74) is 8.49. The predicted molar refractivity (Wildman–Crippen MR) is 267 cm³/mol. The van der Waals surface area contributed by atoms with Crippen molar-refractivity contribution < 1.29 is 19.8 Å². The zero-order valence-electron chi connectivity index (χ0n) is 39.3. The second kappa shape index (κ2) is 15.5. The van der Waals surface area contributed by atoms with Crippen LogP contribution < -0.4 is 0 Å². The number of rotatable bonds is 2. The van der Waals surface area contributed by atoms with E-state index in [9.17, 15) is 19.8 Å². The van der Waals surface area contributed by atoms with E-state index in [1.807, 2.05) is 109 Å². The zero-order valence-corrected chi connectivity index (χ0v) is 39.3. The van der Waals surface area contributed by atoms with Crippen molar-refractivity contribution in [3.8, 4) is 23.3 Å². The van der Waals surface area contributed by atoms with Gasteiger partial charge in [-0.1, -0.05) is 192 Å². The van der Waals surface area contributed by atoms with Gasteiger partial charge < -0.3 is 10.2 Å². The van der Waals surface area contributed by atoms with Crippen LogP contribution in [0.25, 0.3) is 43.8 Å². The number of carbonyl (C=O) groups is 2. The summed E-state index contributed by atoms with van der Waals surface area (Å²) in [6, 6.07) is 35.5. The number of phenols is 2. The third kappa shape index (κ3) is 7.62. The number of ketones is 2. The summed E-state index contributed by atoms with van der Waals surface area (Å²) in [5, 5.41) is 26.9. The van der Waals surface area contributed by atoms with Crippen LogP contribution in [0.1, 0.15) is 137 Å². The lowest BCUT2D eigenvalue weighted by atomic mass is 9.73. The Balaban J connectivity index is 1.63. The van der Waals surface area contributed by atoms with Gasteiger partial charge in [-0.3, -0.25) is 9.59 Å². The Morgan fingerprint density at radius 2 is 0.703 bits per heavy atom. The van der Waals surface area contributed by atoms with Gasteiger partial charge in [0.1, 0.15) is 11.5 Å². The van der Waals surface area contributed by atoms with Crippen LogP contribution in [0.15, 0.2) is 132 Å². The van der Waals surface area contributed by atoms with Crippen molar-refractivity contribution in [3.63, 3.8) is 0 Å². The standard InChI is InChI=1S/C60H58O4/c1-57(2,3)49-31-45(35-21-13-17-25-41(35)53(49)61)39(46-32-50(58(4,5)6)54(62)42-26-18-14-22-36(42)46)29-30-40(47-33-51(59(7,8)9)55(63)43-27-19-15-23-37(43)47)48-34-52(60(10,11)12)56(64)44-28-20-16-24-38(44)48/h13-28,31-34,61,63H,1-12H3/b46-39+,48-40+. The maximum absolute atomic E-state index is 14.4. The normalized spacial score (nSPS) is 16.1. The summed E-state index contributed by atoms with van der Waals surface area (Å²) >= 11 is 0. The Morgan fingerprint density at radius 1 is 0.406 bits per heavy atom. The van der Waals surface area contributed by atoms with Crippen molar-refractivity contribution in [1.29, 1.82) is 0 Å². The van der Waals surface area contributed by atoms with Crippen LogP contribution in [-0.4, -0.2) is 21.8 Å². The molecule has 0 spiro atoms. The minimum absolute atomic E-state index is 0.0125. The van der Waals surface area contributed by atoms with Crippen molar-refractivity contribution in [2.24, 2.45) is 10.8 Å². The summed E-state index contributed by atoms with van der Waals surface area (Å²) in [6.07, 6.45) is 4.06. The fourth-order valence-electron chi connectivity index (χ4n) is 9.19. The van der Waals surface area contributed by atoms with Gasteiger partial charge in [0.2, 0.25) is 0 Å². The number of fused-ring (bicyclic) bond motifs is 4. The topological polar surface area (TPSA) is 74.6 Å². The van der Waals surface area contributed by atoms with E-state index >= 15 is 0 Å². The number of carbonyl (C=O) groups excluding carboxylic acids is 2. The summed E-state index contributed by atoms with van der Waals surface area (Å²) in [4.78, 5) is 28.7. The van der Waals surface area contributed by atoms with Gasteiger partial charge in [-0.2, -0.15) is 0 Å². The molecule has 4 nitrogen and oxygen atoms in total. The van der Waals surface area contributed by atoms with Gasteiger partial charge in [-0.15, -0.1) is 0 Å². The molecule has 0 aromatic heterocycles. The van der Waals surface area contributed by atoms with Gasteiger partial charge >= 0.3 is 0 Å². The van der Waals surface area contributed by atoms with Crippen LogP contribution >= 0.6 is 0 Å². The molecule has 0 radical (unpaired) electrons. The van der Waals surface area contributed by atoms with Crippen molar-refractivity contribution in [2.45, 2.75) is 93.9 Å². The molecule has 4 heteroatoms. The lowest BCUT2D eigenvalue weighted by molar-refractivity contribution is 0.1000. The highest BCUT2D eigenvalue weighted by Crippen LogP contribution is 2.48. The van der Waals surface area contributed by atoms with E-state index in [1.54, 1.807) is 0 Å². The Morgan fingerprint density at radius 3 is 1.02 bits per heavy atom. The number of hydrogen-bond donors (Lipinski definition) is 2. The molecule has 0 unspecified atom stereocenters. The lowest BCUT2D eigenvalue weighted by Crippen LogP contribution is -2.22. The quantitative estimate of drug-likeness (QED) is 0.170. The fraction of sp³-hybridized carbons (Fsp3) is 0.267. The molecule has 0 fully saturated rings. The van der Waals surface area contributed by atoms with Gasteiger partial charge in [0, 0.05) is 55.3 Å². The first kappa shape index (κ1) is 43.9. The van der Waals surface area contributed by atoms with E-state index in [1.165, 1.54) is 0 Å². The lowest BCUT2D eigenvalue weighted by Gasteiger charge is -2.29. The Kier molecular flexibility index (Phi) is 10.7. The highest BCUT2D eigenvalue weighted by molar-refractivity contribution is 6.24. The predicted octanol–water partition coefficient (Wildman–Crippen LogP) is 14.9. The third-order valence-corrected chi connectivity index (χ3v) is 12.6. The molecular weight excluding hydrogens is 785 g/mol. The van der Waals surface area contributed by atoms with E-state index < -0.39 is 21.7 Å². The van der Waals surface area contributed by atoms with Gasteiger partial charge in [-0.05, 0) is 90.1 Å². The Labute approximate surface area is 378 Å². The molecule has 8 rings (SSSR count). The van der Waals surface area contributed by atoms with Crippen LogP contribution in [0.3, 0.4) is 0 Å². The van der Waals surface area contributed by atoms with Crippen molar-refractivity contribution in [2.75, 3.05) is 0 Å². The van der Waals surface area contributed by atoms with Crippen molar-refractivity contribution >= 4 is 55.4 Å². The van der Waals surface area contributed by atoms with Crippen molar-refractivity contribution in [1.82, 2.24) is 0 Å². The minimum atomic E-state index is -0.490. The number of hydrogen-bond acceptors (Lipinski definition) is 4. The first-order valence-corrected chi connectivity index (χ1v) is 22.2. The summed E-state index contributed by atoms with van der Waals surface area (Å²) in [7, 11) is 0. The SMILES string of the molecule is CC(C)(C)C1=C/C(=C(/C#C/C(=C2/C=C(C(C)(C)C)C(=O)c3ccccc32)c2cc(C(C)(C)C)c(O)c3ccccc23)c2cc(C(C)(C)C)c(O)c3ccccc23)c2ccccc2C1=O. The number of phenolic OH excluding ortho intramolecular Hbond substituents is 2. The Bertz CT molecular complexity index is 2960. The number of allylic oxidation sites excluding steroid dienone is 8. The van der Waals surface area contributed by atoms with Crippen LogP contribution in [0.4, 0.5) is 0 Å². The molecule has 0 amide bonds. The highest BCUT2D eigenvalue weighted by atomic mass is 16.3. The summed E-state index contributed by atoms with van der Waals surface area (Å²) in [6.45, 7) is 24.9. The number of Topliss-reactive ketones (excluding diaryl/α,β-unsaturated/α-hetero) is 2. The highest BCUT2D eigenvalue weighted by Gasteiger charge is 2.35. The number of benzene rings is 6. The maximum atomic E-state index is 14.4. The Hall–Kier alpha value is -6.70. The molecular formula is C60H58O4. The van der Waals surface area contributed by atoms with E-state index in [0.29, 0.717) is 44.2 Å². The molecule has 0 aliphatic heterocycles. The third-order valence-electron chi connectivity index (χ3n) is 12.6. The molecule has 2 N–H and O–H groups in total. The van der Waals surface area contributed by atoms with Gasteiger partial charge in [0.15, 0.2) is 11.6 Å². The summed E-state index contributed by atoms with van der Waals surface area (Å²) < 4.78 is 0. The van der Waals surface area contributed by atoms with Crippen LogP contribution in [0.2, 0.25) is 0 Å². The first-order chi connectivity index (χ1) is 30.0. The molecule has 6 aromatic carbocycles. The summed E-state index contributed by atoms with van der Waals surface area (Å²) in [5.74, 6) is 8.05. The van der Waals surface area contributed by atoms with Gasteiger partial charge in [-0.25, -0.2) is 0 Å². The van der Waals surface area contributed by atoms with Gasteiger partial charge in [0.25, 0.3) is 0 Å².